The molecule has 0 aliphatic rings. The molecule has 11 rings (SSSR count). The van der Waals surface area contributed by atoms with Crippen LogP contribution in [0.1, 0.15) is 0 Å². The van der Waals surface area contributed by atoms with Crippen LogP contribution < -0.4 is 4.90 Å². The Morgan fingerprint density at radius 1 is 0.345 bits per heavy atom. The standard InChI is InChI=1S/C52H33NOS/c1-3-14-34(15-4-1)38-30-31-47(41-19-8-7-18-40(38)41)53(48-23-13-22-45-44-21-10-12-25-51(44)55-52(45)48)37-27-29-39(46(33-37)35-16-5-2-6-17-35)36-26-28-43-42-20-9-11-24-49(42)54-50(43)32-36/h1-33H. The average molecular weight is 720 g/mol. The molecule has 3 heteroatoms. The van der Waals surface area contributed by atoms with E-state index in [2.05, 4.69) is 193 Å². The van der Waals surface area contributed by atoms with Crippen LogP contribution in [-0.2, 0) is 0 Å². The van der Waals surface area contributed by atoms with E-state index < -0.39 is 0 Å². The largest absolute Gasteiger partial charge is 0.456 e. The maximum absolute atomic E-state index is 6.38. The molecule has 55 heavy (non-hydrogen) atoms. The van der Waals surface area contributed by atoms with Gasteiger partial charge in [0.25, 0.3) is 0 Å². The zero-order valence-corrected chi connectivity index (χ0v) is 30.6. The summed E-state index contributed by atoms with van der Waals surface area (Å²) in [6, 6.07) is 72.3. The number of anilines is 3. The summed E-state index contributed by atoms with van der Waals surface area (Å²) in [6.45, 7) is 0. The summed E-state index contributed by atoms with van der Waals surface area (Å²) in [5.74, 6) is 0. The zero-order chi connectivity index (χ0) is 36.3. The molecule has 0 radical (unpaired) electrons. The van der Waals surface area contributed by atoms with Crippen molar-refractivity contribution in [1.82, 2.24) is 0 Å². The molecular weight excluding hydrogens is 687 g/mol. The molecule has 11 aromatic rings. The number of para-hydroxylation sites is 1. The van der Waals surface area contributed by atoms with Gasteiger partial charge in [0.1, 0.15) is 11.2 Å². The van der Waals surface area contributed by atoms with E-state index in [1.54, 1.807) is 0 Å². The van der Waals surface area contributed by atoms with Gasteiger partial charge in [-0.05, 0) is 87.3 Å². The van der Waals surface area contributed by atoms with E-state index in [0.29, 0.717) is 0 Å². The maximum atomic E-state index is 6.38. The molecule has 0 fully saturated rings. The van der Waals surface area contributed by atoms with Crippen LogP contribution in [0.2, 0.25) is 0 Å². The van der Waals surface area contributed by atoms with Crippen molar-refractivity contribution < 1.29 is 4.42 Å². The Morgan fingerprint density at radius 2 is 0.982 bits per heavy atom. The van der Waals surface area contributed by atoms with E-state index >= 15 is 0 Å². The number of hydrogen-bond donors (Lipinski definition) is 0. The molecule has 0 saturated heterocycles. The van der Waals surface area contributed by atoms with Crippen molar-refractivity contribution in [2.24, 2.45) is 0 Å². The average Bonchev–Trinajstić information content (AvgIpc) is 3.83. The van der Waals surface area contributed by atoms with Gasteiger partial charge in [0, 0.05) is 37.3 Å². The molecule has 0 atom stereocenters. The van der Waals surface area contributed by atoms with Gasteiger partial charge >= 0.3 is 0 Å². The SMILES string of the molecule is c1ccc(-c2cc(N(c3ccc(-c4ccccc4)c4ccccc34)c3cccc4c3sc3ccccc34)ccc2-c2ccc3c(c2)oc2ccccc23)cc1. The minimum absolute atomic E-state index is 0.893. The molecule has 0 N–H and O–H groups in total. The molecule has 9 aromatic carbocycles. The van der Waals surface area contributed by atoms with Crippen LogP contribution >= 0.6 is 11.3 Å². The minimum Gasteiger partial charge on any atom is -0.456 e. The van der Waals surface area contributed by atoms with Gasteiger partial charge < -0.3 is 9.32 Å². The Hall–Kier alpha value is -6.94. The maximum Gasteiger partial charge on any atom is 0.136 e. The molecule has 0 aliphatic heterocycles. The van der Waals surface area contributed by atoms with Crippen molar-refractivity contribution in [3.8, 4) is 33.4 Å². The quantitative estimate of drug-likeness (QED) is 0.170. The molecule has 0 bridgehead atoms. The number of thiophene rings is 1. The van der Waals surface area contributed by atoms with Crippen molar-refractivity contribution in [2.75, 3.05) is 4.90 Å². The number of nitrogens with zero attached hydrogens (tertiary/aromatic N) is 1. The van der Waals surface area contributed by atoms with Crippen molar-refractivity contribution in [1.29, 1.82) is 0 Å². The van der Waals surface area contributed by atoms with E-state index in [4.69, 9.17) is 4.42 Å². The van der Waals surface area contributed by atoms with Crippen molar-refractivity contribution >= 4 is 81.3 Å². The number of fused-ring (bicyclic) bond motifs is 7. The summed E-state index contributed by atoms with van der Waals surface area (Å²) >= 11 is 1.86. The predicted octanol–water partition coefficient (Wildman–Crippen LogP) is 15.6. The van der Waals surface area contributed by atoms with E-state index in [1.807, 2.05) is 23.5 Å². The van der Waals surface area contributed by atoms with E-state index in [-0.39, 0.29) is 0 Å². The lowest BCUT2D eigenvalue weighted by atomic mass is 9.92. The highest BCUT2D eigenvalue weighted by molar-refractivity contribution is 7.26. The van der Waals surface area contributed by atoms with Gasteiger partial charge in [-0.3, -0.25) is 0 Å². The van der Waals surface area contributed by atoms with Gasteiger partial charge in [-0.2, -0.15) is 0 Å². The smallest absolute Gasteiger partial charge is 0.136 e. The van der Waals surface area contributed by atoms with Crippen LogP contribution in [0.5, 0.6) is 0 Å². The topological polar surface area (TPSA) is 16.4 Å². The summed E-state index contributed by atoms with van der Waals surface area (Å²) in [4.78, 5) is 2.48. The first kappa shape index (κ1) is 31.6. The van der Waals surface area contributed by atoms with Gasteiger partial charge in [0.15, 0.2) is 0 Å². The summed E-state index contributed by atoms with van der Waals surface area (Å²) in [6.07, 6.45) is 0. The number of rotatable bonds is 6. The Kier molecular flexibility index (Phi) is 7.39. The molecule has 258 valence electrons. The van der Waals surface area contributed by atoms with Gasteiger partial charge in [-0.25, -0.2) is 0 Å². The first-order chi connectivity index (χ1) is 27.3. The molecule has 0 saturated carbocycles. The summed E-state index contributed by atoms with van der Waals surface area (Å²) < 4.78 is 8.93. The Morgan fingerprint density at radius 3 is 1.80 bits per heavy atom. The van der Waals surface area contributed by atoms with Crippen molar-refractivity contribution in [3.63, 3.8) is 0 Å². The molecule has 2 aromatic heterocycles. The summed E-state index contributed by atoms with van der Waals surface area (Å²) in [7, 11) is 0. The van der Waals surface area contributed by atoms with Crippen LogP contribution in [-0.4, -0.2) is 0 Å². The Balaban J connectivity index is 1.18. The third-order valence-corrected chi connectivity index (χ3v) is 12.1. The fourth-order valence-corrected chi connectivity index (χ4v) is 9.54. The first-order valence-electron chi connectivity index (χ1n) is 18.7. The highest BCUT2D eigenvalue weighted by Gasteiger charge is 2.23. The van der Waals surface area contributed by atoms with Crippen LogP contribution in [0.25, 0.3) is 86.3 Å². The number of furan rings is 1. The summed E-state index contributed by atoms with van der Waals surface area (Å²) in [5, 5.41) is 7.24. The predicted molar refractivity (Wildman–Crippen MR) is 235 cm³/mol. The van der Waals surface area contributed by atoms with E-state index in [1.165, 1.54) is 42.1 Å². The Labute approximate surface area is 322 Å². The molecule has 0 amide bonds. The molecule has 0 aliphatic carbocycles. The van der Waals surface area contributed by atoms with Gasteiger partial charge in [-0.15, -0.1) is 11.3 Å². The molecular formula is C52H33NOS. The lowest BCUT2D eigenvalue weighted by molar-refractivity contribution is 0.669. The molecule has 0 unspecified atom stereocenters. The van der Waals surface area contributed by atoms with Crippen molar-refractivity contribution in [3.05, 3.63) is 200 Å². The van der Waals surface area contributed by atoms with Crippen molar-refractivity contribution in [2.45, 2.75) is 0 Å². The number of benzene rings is 9. The second-order valence-electron chi connectivity index (χ2n) is 14.0. The van der Waals surface area contributed by atoms with Gasteiger partial charge in [0.2, 0.25) is 0 Å². The number of hydrogen-bond acceptors (Lipinski definition) is 3. The third kappa shape index (κ3) is 5.24. The van der Waals surface area contributed by atoms with Gasteiger partial charge in [0.05, 0.1) is 16.1 Å². The second kappa shape index (κ2) is 12.9. The second-order valence-corrected chi connectivity index (χ2v) is 15.1. The fourth-order valence-electron chi connectivity index (χ4n) is 8.34. The highest BCUT2D eigenvalue weighted by Crippen LogP contribution is 2.49. The minimum atomic E-state index is 0.893. The third-order valence-electron chi connectivity index (χ3n) is 10.9. The van der Waals surface area contributed by atoms with Gasteiger partial charge in [-0.1, -0.05) is 152 Å². The highest BCUT2D eigenvalue weighted by atomic mass is 32.1. The molecule has 2 heterocycles. The lowest BCUT2D eigenvalue weighted by Crippen LogP contribution is -2.11. The monoisotopic (exact) mass is 719 g/mol. The molecule has 2 nitrogen and oxygen atoms in total. The van der Waals surface area contributed by atoms with Crippen LogP contribution in [0, 0.1) is 0 Å². The Bertz CT molecular complexity index is 3210. The van der Waals surface area contributed by atoms with Crippen LogP contribution in [0.15, 0.2) is 205 Å². The lowest BCUT2D eigenvalue weighted by Gasteiger charge is -2.29. The normalized spacial score (nSPS) is 11.6. The van der Waals surface area contributed by atoms with Crippen LogP contribution in [0.3, 0.4) is 0 Å². The zero-order valence-electron chi connectivity index (χ0n) is 29.8. The summed E-state index contributed by atoms with van der Waals surface area (Å²) in [5.41, 5.74) is 12.2. The molecule has 0 spiro atoms. The van der Waals surface area contributed by atoms with Crippen LogP contribution in [0.4, 0.5) is 17.1 Å². The first-order valence-corrected chi connectivity index (χ1v) is 19.5. The fraction of sp³-hybridized carbons (Fsp3) is 0. The van der Waals surface area contributed by atoms with E-state index in [9.17, 15) is 0 Å². The van der Waals surface area contributed by atoms with E-state index in [0.717, 1.165) is 61.3 Å².